The highest BCUT2D eigenvalue weighted by Gasteiger charge is 2.45. The molecule has 51 heavy (non-hydrogen) atoms. The molecule has 262 valence electrons. The van der Waals surface area contributed by atoms with Crippen LogP contribution in [0.1, 0.15) is 83.5 Å². The van der Waals surface area contributed by atoms with Gasteiger partial charge in [-0.15, -0.1) is 0 Å². The van der Waals surface area contributed by atoms with Crippen molar-refractivity contribution in [3.63, 3.8) is 0 Å². The molecule has 2 aromatic carbocycles. The van der Waals surface area contributed by atoms with Crippen molar-refractivity contribution in [2.24, 2.45) is 23.2 Å². The number of thiazole rings is 1. The van der Waals surface area contributed by atoms with Gasteiger partial charge in [-0.25, -0.2) is 19.7 Å². The highest BCUT2D eigenvalue weighted by atomic mass is 32.1. The number of rotatable bonds is 8. The predicted octanol–water partition coefficient (Wildman–Crippen LogP) is 8.81. The SMILES string of the molecule is Cc1c(-c2ccc(N3CCc4cccc(C(=O)Nc5nc6ccccc6s5)c4C3)nc2C(=O)O)ccnc1OCC12CC(C)CC(CC(C)C1)C2. The molecule has 2 fully saturated rings. The lowest BCUT2D eigenvalue weighted by molar-refractivity contribution is -0.0176. The minimum atomic E-state index is -1.10. The van der Waals surface area contributed by atoms with Crippen molar-refractivity contribution in [2.45, 2.75) is 65.8 Å². The summed E-state index contributed by atoms with van der Waals surface area (Å²) in [6.45, 7) is 8.40. The van der Waals surface area contributed by atoms with E-state index in [4.69, 9.17) is 9.72 Å². The summed E-state index contributed by atoms with van der Waals surface area (Å²) in [5, 5.41) is 14.0. The Labute approximate surface area is 302 Å². The molecule has 2 saturated carbocycles. The van der Waals surface area contributed by atoms with Crippen LogP contribution in [0.25, 0.3) is 21.3 Å². The highest BCUT2D eigenvalue weighted by Crippen LogP contribution is 2.53. The Kier molecular flexibility index (Phi) is 8.74. The summed E-state index contributed by atoms with van der Waals surface area (Å²) in [6, 6.07) is 19.2. The molecule has 5 aromatic rings. The lowest BCUT2D eigenvalue weighted by atomic mass is 9.57. The number of aromatic nitrogens is 3. The molecule has 2 bridgehead atoms. The molecular weight excluding hydrogens is 659 g/mol. The molecule has 1 aliphatic heterocycles. The second kappa shape index (κ2) is 13.4. The van der Waals surface area contributed by atoms with Crippen molar-refractivity contribution in [1.29, 1.82) is 0 Å². The van der Waals surface area contributed by atoms with Crippen molar-refractivity contribution < 1.29 is 19.4 Å². The third kappa shape index (κ3) is 6.57. The number of hydrogen-bond acceptors (Lipinski definition) is 8. The zero-order valence-electron chi connectivity index (χ0n) is 29.3. The molecule has 2 N–H and O–H groups in total. The van der Waals surface area contributed by atoms with Gasteiger partial charge in [-0.3, -0.25) is 10.1 Å². The van der Waals surface area contributed by atoms with Gasteiger partial charge in [0.15, 0.2) is 10.8 Å². The van der Waals surface area contributed by atoms with Gasteiger partial charge in [-0.2, -0.15) is 0 Å². The third-order valence-corrected chi connectivity index (χ3v) is 12.1. The van der Waals surface area contributed by atoms with Crippen LogP contribution in [0.3, 0.4) is 0 Å². The molecule has 2 aliphatic carbocycles. The minimum absolute atomic E-state index is 0.0240. The Bertz CT molecular complexity index is 2090. The smallest absolute Gasteiger partial charge is 0.355 e. The van der Waals surface area contributed by atoms with Crippen LogP contribution in [0.2, 0.25) is 0 Å². The van der Waals surface area contributed by atoms with E-state index in [-0.39, 0.29) is 17.0 Å². The number of para-hydroxylation sites is 1. The normalized spacial score (nSPS) is 22.7. The summed E-state index contributed by atoms with van der Waals surface area (Å²) in [5.41, 5.74) is 5.66. The Morgan fingerprint density at radius 2 is 1.78 bits per heavy atom. The summed E-state index contributed by atoms with van der Waals surface area (Å²) in [5.74, 6) is 1.96. The van der Waals surface area contributed by atoms with Crippen LogP contribution in [0.5, 0.6) is 5.88 Å². The molecule has 9 nitrogen and oxygen atoms in total. The van der Waals surface area contributed by atoms with Gasteiger partial charge in [0.2, 0.25) is 5.88 Å². The summed E-state index contributed by atoms with van der Waals surface area (Å²) in [4.78, 5) is 42.2. The average molecular weight is 702 g/mol. The topological polar surface area (TPSA) is 118 Å². The van der Waals surface area contributed by atoms with Crippen molar-refractivity contribution in [1.82, 2.24) is 15.0 Å². The van der Waals surface area contributed by atoms with Crippen molar-refractivity contribution in [3.8, 4) is 17.0 Å². The number of nitrogens with zero attached hydrogens (tertiary/aromatic N) is 4. The number of carboxylic acid groups (broad SMARTS) is 1. The Balaban J connectivity index is 1.03. The first-order chi connectivity index (χ1) is 24.6. The maximum Gasteiger partial charge on any atom is 0.355 e. The molecule has 10 heteroatoms. The first kappa shape index (κ1) is 33.3. The highest BCUT2D eigenvalue weighted by molar-refractivity contribution is 7.22. The number of carboxylic acids is 1. The summed E-state index contributed by atoms with van der Waals surface area (Å²) >= 11 is 1.44. The average Bonchev–Trinajstić information content (AvgIpc) is 3.52. The molecule has 2 unspecified atom stereocenters. The molecular formula is C41H43N5O4S. The number of ether oxygens (including phenoxy) is 1. The van der Waals surface area contributed by atoms with Crippen LogP contribution in [0.15, 0.2) is 66.9 Å². The van der Waals surface area contributed by atoms with E-state index in [1.54, 1.807) is 6.20 Å². The van der Waals surface area contributed by atoms with E-state index < -0.39 is 5.97 Å². The maximum atomic E-state index is 13.6. The van der Waals surface area contributed by atoms with Crippen LogP contribution in [-0.4, -0.2) is 45.1 Å². The van der Waals surface area contributed by atoms with E-state index in [0.29, 0.717) is 65.9 Å². The van der Waals surface area contributed by atoms with E-state index >= 15 is 0 Å². The summed E-state index contributed by atoms with van der Waals surface area (Å²) in [6.07, 6.45) is 8.59. The van der Waals surface area contributed by atoms with E-state index in [0.717, 1.165) is 38.4 Å². The Morgan fingerprint density at radius 1 is 0.980 bits per heavy atom. The number of anilines is 2. The van der Waals surface area contributed by atoms with Gasteiger partial charge in [-0.1, -0.05) is 49.4 Å². The maximum absolute atomic E-state index is 13.6. The molecule has 3 aliphatic rings. The van der Waals surface area contributed by atoms with Gasteiger partial charge in [0.05, 0.1) is 16.8 Å². The molecule has 0 radical (unpaired) electrons. The first-order valence-electron chi connectivity index (χ1n) is 18.0. The standard InChI is InChI=1S/C41H43N5O4S/c1-24-17-27-18-25(2)20-41(19-24,21-27)23-50-38-26(3)29(13-15-42-38)30-11-12-35(44-36(30)39(48)49)46-16-14-28-7-6-8-31(32(28)22-46)37(47)45-40-43-33-9-4-5-10-34(33)51-40/h4-13,15,24-25,27H,14,16-23H2,1-3H3,(H,48,49)(H,43,45,47). The monoisotopic (exact) mass is 701 g/mol. The summed E-state index contributed by atoms with van der Waals surface area (Å²) < 4.78 is 7.53. The van der Waals surface area contributed by atoms with E-state index in [1.807, 2.05) is 72.5 Å². The fourth-order valence-corrected chi connectivity index (χ4v) is 10.2. The van der Waals surface area contributed by atoms with Gasteiger partial charge in [-0.05, 0) is 116 Å². The first-order valence-corrected chi connectivity index (χ1v) is 18.8. The van der Waals surface area contributed by atoms with Gasteiger partial charge >= 0.3 is 5.97 Å². The molecule has 1 amide bonds. The molecule has 0 spiro atoms. The number of fused-ring (bicyclic) bond motifs is 4. The van der Waals surface area contributed by atoms with E-state index in [2.05, 4.69) is 29.1 Å². The zero-order chi connectivity index (χ0) is 35.3. The number of aromatic carboxylic acids is 1. The predicted molar refractivity (Wildman–Crippen MR) is 201 cm³/mol. The molecule has 3 aromatic heterocycles. The quantitative estimate of drug-likeness (QED) is 0.165. The number of carbonyl (C=O) groups is 2. The number of benzene rings is 2. The second-order valence-corrected chi connectivity index (χ2v) is 16.2. The van der Waals surface area contributed by atoms with Crippen LogP contribution < -0.4 is 15.0 Å². The number of amides is 1. The molecule has 8 rings (SSSR count). The second-order valence-electron chi connectivity index (χ2n) is 15.2. The molecule has 0 saturated heterocycles. The number of nitrogens with one attached hydrogen (secondary N) is 1. The van der Waals surface area contributed by atoms with Crippen LogP contribution >= 0.6 is 11.3 Å². The van der Waals surface area contributed by atoms with Gasteiger partial charge < -0.3 is 14.7 Å². The van der Waals surface area contributed by atoms with E-state index in [1.165, 1.54) is 43.4 Å². The largest absolute Gasteiger partial charge is 0.477 e. The number of pyridine rings is 2. The zero-order valence-corrected chi connectivity index (χ0v) is 30.1. The lowest BCUT2D eigenvalue weighted by Gasteiger charge is -2.49. The van der Waals surface area contributed by atoms with Gasteiger partial charge in [0, 0.05) is 41.4 Å². The van der Waals surface area contributed by atoms with E-state index in [9.17, 15) is 14.7 Å². The number of carbonyl (C=O) groups excluding carboxylic acids is 1. The third-order valence-electron chi connectivity index (χ3n) is 11.2. The van der Waals surface area contributed by atoms with Crippen LogP contribution in [0.4, 0.5) is 10.9 Å². The van der Waals surface area contributed by atoms with Crippen LogP contribution in [-0.2, 0) is 13.0 Å². The molecule has 4 heterocycles. The Hall–Kier alpha value is -4.83. The van der Waals surface area contributed by atoms with Crippen molar-refractivity contribution in [2.75, 3.05) is 23.4 Å². The van der Waals surface area contributed by atoms with Crippen molar-refractivity contribution >= 4 is 44.4 Å². The fourth-order valence-electron chi connectivity index (χ4n) is 9.35. The number of hydrogen-bond donors (Lipinski definition) is 2. The van der Waals surface area contributed by atoms with Crippen molar-refractivity contribution in [3.05, 3.63) is 94.8 Å². The van der Waals surface area contributed by atoms with Crippen LogP contribution in [0, 0.1) is 30.1 Å². The summed E-state index contributed by atoms with van der Waals surface area (Å²) in [7, 11) is 0. The molecule has 2 atom stereocenters. The van der Waals surface area contributed by atoms with Gasteiger partial charge in [0.1, 0.15) is 5.82 Å². The minimum Gasteiger partial charge on any atom is -0.477 e. The van der Waals surface area contributed by atoms with Gasteiger partial charge in [0.25, 0.3) is 5.91 Å². The Morgan fingerprint density at radius 3 is 2.57 bits per heavy atom. The lowest BCUT2D eigenvalue weighted by Crippen LogP contribution is -2.43. The fraction of sp³-hybridized carbons (Fsp3) is 0.390.